The minimum Gasteiger partial charge on any atom is -0.471 e. The van der Waals surface area contributed by atoms with Gasteiger partial charge in [0.15, 0.2) is 5.02 Å². The summed E-state index contributed by atoms with van der Waals surface area (Å²) in [6.45, 7) is 0. The molecule has 3 N–H and O–H groups in total. The molecule has 1 aromatic heterocycles. The molecular weight excluding hydrogens is 242 g/mol. The zero-order valence-corrected chi connectivity index (χ0v) is 10.2. The van der Waals surface area contributed by atoms with Gasteiger partial charge in [0.05, 0.1) is 6.33 Å². The van der Waals surface area contributed by atoms with E-state index < -0.39 is 0 Å². The number of hydrogen-bond acceptors (Lipinski definition) is 4. The molecule has 1 aromatic rings. The van der Waals surface area contributed by atoms with E-state index >= 15 is 0 Å². The van der Waals surface area contributed by atoms with Gasteiger partial charge in [-0.3, -0.25) is 4.79 Å². The van der Waals surface area contributed by atoms with Crippen LogP contribution in [0.5, 0.6) is 5.88 Å². The van der Waals surface area contributed by atoms with Crippen molar-refractivity contribution in [3.63, 3.8) is 0 Å². The number of rotatable bonds is 2. The van der Waals surface area contributed by atoms with Crippen LogP contribution in [0.1, 0.15) is 32.1 Å². The van der Waals surface area contributed by atoms with E-state index in [1.165, 1.54) is 12.7 Å². The third-order valence-corrected chi connectivity index (χ3v) is 3.36. The molecule has 0 saturated heterocycles. The summed E-state index contributed by atoms with van der Waals surface area (Å²) in [6, 6.07) is -0.0188. The third-order valence-electron chi connectivity index (χ3n) is 3.03. The first-order valence-electron chi connectivity index (χ1n) is 5.84. The van der Waals surface area contributed by atoms with Gasteiger partial charge in [-0.15, -0.1) is 0 Å². The van der Waals surface area contributed by atoms with Gasteiger partial charge >= 0.3 is 0 Å². The lowest BCUT2D eigenvalue weighted by molar-refractivity contribution is 0.155. The van der Waals surface area contributed by atoms with Crippen LogP contribution in [0.2, 0.25) is 5.02 Å². The highest BCUT2D eigenvalue weighted by molar-refractivity contribution is 6.31. The van der Waals surface area contributed by atoms with E-state index in [9.17, 15) is 4.79 Å². The maximum atomic E-state index is 11.3. The molecule has 1 fully saturated rings. The molecule has 6 heteroatoms. The van der Waals surface area contributed by atoms with Crippen molar-refractivity contribution in [2.24, 2.45) is 5.73 Å². The zero-order valence-electron chi connectivity index (χ0n) is 9.49. The number of aromatic amines is 1. The maximum absolute atomic E-state index is 11.3. The van der Waals surface area contributed by atoms with Crippen LogP contribution in [-0.4, -0.2) is 22.1 Å². The summed E-state index contributed by atoms with van der Waals surface area (Å²) < 4.78 is 5.67. The predicted molar refractivity (Wildman–Crippen MR) is 65.3 cm³/mol. The Morgan fingerprint density at radius 2 is 2.18 bits per heavy atom. The molecule has 0 amide bonds. The number of halogens is 1. The summed E-state index contributed by atoms with van der Waals surface area (Å²) in [4.78, 5) is 17.6. The van der Waals surface area contributed by atoms with Crippen LogP contribution in [0.3, 0.4) is 0 Å². The molecule has 0 aliphatic heterocycles. The number of ether oxygens (including phenoxy) is 1. The Morgan fingerprint density at radius 3 is 3.00 bits per heavy atom. The van der Waals surface area contributed by atoms with Crippen LogP contribution in [-0.2, 0) is 0 Å². The van der Waals surface area contributed by atoms with Crippen molar-refractivity contribution in [1.29, 1.82) is 0 Å². The normalized spacial score (nSPS) is 25.3. The fourth-order valence-electron chi connectivity index (χ4n) is 2.04. The first-order valence-corrected chi connectivity index (χ1v) is 6.21. The van der Waals surface area contributed by atoms with Crippen molar-refractivity contribution in [3.05, 3.63) is 21.7 Å². The molecule has 0 radical (unpaired) electrons. The lowest BCUT2D eigenvalue weighted by Crippen LogP contribution is -2.38. The standard InChI is InChI=1S/C11H16ClN3O2/c12-9-10(16)14-6-15-11(9)17-8-5-3-1-2-4-7(8)13/h6-8H,1-5,13H2,(H,14,15,16). The highest BCUT2D eigenvalue weighted by atomic mass is 35.5. The molecule has 0 aromatic carbocycles. The van der Waals surface area contributed by atoms with E-state index in [1.54, 1.807) is 0 Å². The smallest absolute Gasteiger partial charge is 0.273 e. The highest BCUT2D eigenvalue weighted by Crippen LogP contribution is 2.23. The first kappa shape index (κ1) is 12.4. The third kappa shape index (κ3) is 2.98. The summed E-state index contributed by atoms with van der Waals surface area (Å²) in [5.74, 6) is 0.178. The van der Waals surface area contributed by atoms with Gasteiger partial charge in [-0.1, -0.05) is 24.4 Å². The minimum atomic E-state index is -0.390. The van der Waals surface area contributed by atoms with Gasteiger partial charge in [0.1, 0.15) is 6.10 Å². The van der Waals surface area contributed by atoms with Crippen LogP contribution >= 0.6 is 11.6 Å². The van der Waals surface area contributed by atoms with Crippen LogP contribution in [0.15, 0.2) is 11.1 Å². The number of nitrogens with two attached hydrogens (primary N) is 1. The van der Waals surface area contributed by atoms with E-state index in [4.69, 9.17) is 22.1 Å². The van der Waals surface area contributed by atoms with Crippen LogP contribution in [0.25, 0.3) is 0 Å². The summed E-state index contributed by atoms with van der Waals surface area (Å²) >= 11 is 5.83. The van der Waals surface area contributed by atoms with Crippen molar-refractivity contribution in [2.45, 2.75) is 44.2 Å². The number of H-pyrrole nitrogens is 1. The molecule has 2 rings (SSSR count). The Labute approximate surface area is 104 Å². The topological polar surface area (TPSA) is 81.0 Å². The highest BCUT2D eigenvalue weighted by Gasteiger charge is 2.23. The quantitative estimate of drug-likeness (QED) is 0.786. The molecule has 1 saturated carbocycles. The monoisotopic (exact) mass is 257 g/mol. The molecule has 2 unspecified atom stereocenters. The second kappa shape index (κ2) is 5.51. The first-order chi connectivity index (χ1) is 8.18. The number of nitrogens with zero attached hydrogens (tertiary/aromatic N) is 1. The zero-order chi connectivity index (χ0) is 12.3. The van der Waals surface area contributed by atoms with Crippen LogP contribution in [0, 0.1) is 0 Å². The van der Waals surface area contributed by atoms with Crippen LogP contribution in [0.4, 0.5) is 0 Å². The van der Waals surface area contributed by atoms with Gasteiger partial charge in [-0.05, 0) is 19.3 Å². The Balaban J connectivity index is 2.13. The van der Waals surface area contributed by atoms with E-state index in [0.717, 1.165) is 25.7 Å². The number of nitrogens with one attached hydrogen (secondary N) is 1. The average molecular weight is 258 g/mol. The van der Waals surface area contributed by atoms with Gasteiger partial charge in [-0.25, -0.2) is 4.98 Å². The van der Waals surface area contributed by atoms with Crippen LogP contribution < -0.4 is 16.0 Å². The summed E-state index contributed by atoms with van der Waals surface area (Å²) in [5.41, 5.74) is 5.64. The van der Waals surface area contributed by atoms with Gasteiger partial charge < -0.3 is 15.5 Å². The van der Waals surface area contributed by atoms with Crippen molar-refractivity contribution in [1.82, 2.24) is 9.97 Å². The van der Waals surface area contributed by atoms with Crippen molar-refractivity contribution in [3.8, 4) is 5.88 Å². The molecule has 5 nitrogen and oxygen atoms in total. The lowest BCUT2D eigenvalue weighted by atomic mass is 10.1. The fraction of sp³-hybridized carbons (Fsp3) is 0.636. The van der Waals surface area contributed by atoms with E-state index in [0.29, 0.717) is 0 Å². The SMILES string of the molecule is NC1CCCCCC1Oc1nc[nH]c(=O)c1Cl. The maximum Gasteiger partial charge on any atom is 0.273 e. The van der Waals surface area contributed by atoms with Gasteiger partial charge in [0.25, 0.3) is 5.56 Å². The Kier molecular flexibility index (Phi) is 4.02. The minimum absolute atomic E-state index is 0.0102. The van der Waals surface area contributed by atoms with E-state index in [-0.39, 0.29) is 28.6 Å². The lowest BCUT2D eigenvalue weighted by Gasteiger charge is -2.22. The van der Waals surface area contributed by atoms with Gasteiger partial charge in [0.2, 0.25) is 5.88 Å². The van der Waals surface area contributed by atoms with E-state index in [1.807, 2.05) is 0 Å². The molecule has 1 aliphatic rings. The summed E-state index contributed by atoms with van der Waals surface area (Å²) in [7, 11) is 0. The van der Waals surface area contributed by atoms with Gasteiger partial charge in [0, 0.05) is 6.04 Å². The number of aromatic nitrogens is 2. The molecule has 94 valence electrons. The molecule has 2 atom stereocenters. The largest absolute Gasteiger partial charge is 0.471 e. The number of hydrogen-bond donors (Lipinski definition) is 2. The van der Waals surface area contributed by atoms with Crippen molar-refractivity contribution < 1.29 is 4.74 Å². The Bertz CT molecular complexity index is 435. The van der Waals surface area contributed by atoms with E-state index in [2.05, 4.69) is 9.97 Å². The fourth-order valence-corrected chi connectivity index (χ4v) is 2.19. The Morgan fingerprint density at radius 1 is 1.41 bits per heavy atom. The summed E-state index contributed by atoms with van der Waals surface area (Å²) in [5, 5.41) is -0.0102. The molecule has 1 aliphatic carbocycles. The molecule has 0 spiro atoms. The molecular formula is C11H16ClN3O2. The second-order valence-corrected chi connectivity index (χ2v) is 4.69. The van der Waals surface area contributed by atoms with Crippen molar-refractivity contribution in [2.75, 3.05) is 0 Å². The molecule has 0 bridgehead atoms. The van der Waals surface area contributed by atoms with Gasteiger partial charge in [-0.2, -0.15) is 0 Å². The second-order valence-electron chi connectivity index (χ2n) is 4.31. The predicted octanol–water partition coefficient (Wildman–Crippen LogP) is 1.46. The molecule has 17 heavy (non-hydrogen) atoms. The Hall–Kier alpha value is -1.07. The summed E-state index contributed by atoms with van der Waals surface area (Å²) in [6.07, 6.45) is 6.37. The molecule has 1 heterocycles. The van der Waals surface area contributed by atoms with Crippen molar-refractivity contribution >= 4 is 11.6 Å². The average Bonchev–Trinajstić information content (AvgIpc) is 2.51.